The highest BCUT2D eigenvalue weighted by Crippen LogP contribution is 2.43. The summed E-state index contributed by atoms with van der Waals surface area (Å²) >= 11 is 1.55. The fraction of sp³-hybridized carbons (Fsp3) is 0.440. The van der Waals surface area contributed by atoms with E-state index in [1.165, 1.54) is 16.8 Å². The topological polar surface area (TPSA) is 80.7 Å². The lowest BCUT2D eigenvalue weighted by atomic mass is 9.96. The quantitative estimate of drug-likeness (QED) is 0.629. The average Bonchev–Trinajstić information content (AvgIpc) is 3.21. The molecule has 1 aromatic heterocycles. The number of aliphatic hydroxyl groups is 1. The van der Waals surface area contributed by atoms with Crippen LogP contribution in [0.2, 0.25) is 0 Å². The molecule has 0 radical (unpaired) electrons. The van der Waals surface area contributed by atoms with E-state index in [-0.39, 0.29) is 5.91 Å². The van der Waals surface area contributed by atoms with E-state index in [2.05, 4.69) is 55.7 Å². The first-order valence-electron chi connectivity index (χ1n) is 11.8. The Morgan fingerprint density at radius 3 is 2.97 bits per heavy atom. The lowest BCUT2D eigenvalue weighted by Gasteiger charge is -2.34. The normalized spacial score (nSPS) is 24.5. The Kier molecular flexibility index (Phi) is 5.62. The van der Waals surface area contributed by atoms with Crippen molar-refractivity contribution in [3.05, 3.63) is 53.2 Å². The third kappa shape index (κ3) is 4.17. The number of anilines is 2. The van der Waals surface area contributed by atoms with Gasteiger partial charge in [-0.05, 0) is 55.3 Å². The number of nitrogens with zero attached hydrogens (tertiary/aromatic N) is 3. The summed E-state index contributed by atoms with van der Waals surface area (Å²) in [6.07, 6.45) is 5.65. The minimum Gasteiger partial charge on any atom is -0.370 e. The van der Waals surface area contributed by atoms with Gasteiger partial charge in [0.25, 0.3) is 0 Å². The summed E-state index contributed by atoms with van der Waals surface area (Å²) in [5.74, 6) is 1.62. The van der Waals surface area contributed by atoms with Crippen molar-refractivity contribution in [1.82, 2.24) is 15.2 Å². The van der Waals surface area contributed by atoms with Gasteiger partial charge in [-0.25, -0.2) is 4.98 Å². The molecular weight excluding hydrogens is 434 g/mol. The van der Waals surface area contributed by atoms with Gasteiger partial charge in [-0.2, -0.15) is 0 Å². The van der Waals surface area contributed by atoms with Gasteiger partial charge < -0.3 is 25.5 Å². The van der Waals surface area contributed by atoms with Crippen LogP contribution in [0.25, 0.3) is 6.08 Å². The molecule has 0 spiro atoms. The smallest absolute Gasteiger partial charge is 0.235 e. The van der Waals surface area contributed by atoms with Gasteiger partial charge >= 0.3 is 0 Å². The Balaban J connectivity index is 1.02. The second-order valence-electron chi connectivity index (χ2n) is 9.35. The molecule has 2 atom stereocenters. The highest BCUT2D eigenvalue weighted by molar-refractivity contribution is 8.00. The van der Waals surface area contributed by atoms with Crippen LogP contribution >= 0.6 is 11.8 Å². The molecule has 2 unspecified atom stereocenters. The summed E-state index contributed by atoms with van der Waals surface area (Å²) in [5.41, 5.74) is 4.79. The number of aliphatic hydroxyl groups excluding tert-OH is 1. The van der Waals surface area contributed by atoms with Crippen molar-refractivity contribution in [3.63, 3.8) is 0 Å². The van der Waals surface area contributed by atoms with Crippen LogP contribution in [0.15, 0.2) is 41.3 Å². The predicted molar refractivity (Wildman–Crippen MR) is 131 cm³/mol. The molecule has 1 aromatic carbocycles. The minimum atomic E-state index is -0.511. The number of para-hydroxylation sites is 1. The predicted octanol–water partition coefficient (Wildman–Crippen LogP) is 2.63. The number of likely N-dealkylation sites (tertiary alicyclic amines) is 1. The fourth-order valence-electron chi connectivity index (χ4n) is 5.48. The molecule has 8 heteroatoms. The second kappa shape index (κ2) is 8.76. The Morgan fingerprint density at radius 1 is 1.21 bits per heavy atom. The van der Waals surface area contributed by atoms with Crippen molar-refractivity contribution >= 4 is 35.3 Å². The van der Waals surface area contributed by atoms with Gasteiger partial charge in [0.15, 0.2) is 0 Å². The number of thioether (sulfide) groups is 1. The number of benzene rings is 1. The highest BCUT2D eigenvalue weighted by atomic mass is 32.2. The van der Waals surface area contributed by atoms with E-state index in [9.17, 15) is 9.90 Å². The van der Waals surface area contributed by atoms with Crippen molar-refractivity contribution in [2.75, 3.05) is 42.1 Å². The number of carbonyl (C=O) groups excluding carboxylic acids is 1. The largest absolute Gasteiger partial charge is 0.370 e. The molecule has 6 rings (SSSR count). The lowest BCUT2D eigenvalue weighted by Crippen LogP contribution is -2.44. The molecule has 0 saturated carbocycles. The first-order chi connectivity index (χ1) is 16.1. The molecule has 3 N–H and O–H groups in total. The van der Waals surface area contributed by atoms with E-state index in [4.69, 9.17) is 0 Å². The number of amides is 1. The number of nitrogens with one attached hydrogen (secondary N) is 2. The van der Waals surface area contributed by atoms with Gasteiger partial charge in [-0.1, -0.05) is 24.3 Å². The number of hydrogen-bond donors (Lipinski definition) is 3. The number of rotatable bonds is 5. The number of hydrogen-bond acceptors (Lipinski definition) is 7. The van der Waals surface area contributed by atoms with Crippen molar-refractivity contribution in [1.29, 1.82) is 0 Å². The average molecular weight is 464 g/mol. The fourth-order valence-corrected chi connectivity index (χ4v) is 6.23. The van der Waals surface area contributed by atoms with Crippen LogP contribution < -0.4 is 15.5 Å². The van der Waals surface area contributed by atoms with Crippen molar-refractivity contribution in [2.45, 2.75) is 42.5 Å². The Bertz CT molecular complexity index is 1100. The van der Waals surface area contributed by atoms with E-state index < -0.39 is 6.23 Å². The molecule has 172 valence electrons. The molecule has 0 bridgehead atoms. The summed E-state index contributed by atoms with van der Waals surface area (Å²) in [4.78, 5) is 22.0. The molecule has 33 heavy (non-hydrogen) atoms. The molecule has 1 fully saturated rings. The molecule has 7 nitrogen and oxygen atoms in total. The molecule has 1 saturated heterocycles. The summed E-state index contributed by atoms with van der Waals surface area (Å²) in [5, 5.41) is 17.0. The molecule has 4 aliphatic rings. The molecule has 5 heterocycles. The van der Waals surface area contributed by atoms with Crippen LogP contribution in [0.4, 0.5) is 11.5 Å². The van der Waals surface area contributed by atoms with E-state index >= 15 is 0 Å². The van der Waals surface area contributed by atoms with Gasteiger partial charge in [0.1, 0.15) is 12.0 Å². The maximum Gasteiger partial charge on any atom is 0.235 e. The van der Waals surface area contributed by atoms with E-state index in [0.29, 0.717) is 23.5 Å². The van der Waals surface area contributed by atoms with Crippen LogP contribution in [0.5, 0.6) is 0 Å². The summed E-state index contributed by atoms with van der Waals surface area (Å²) in [7, 11) is 0. The second-order valence-corrected chi connectivity index (χ2v) is 10.4. The number of piperidine rings is 1. The van der Waals surface area contributed by atoms with Gasteiger partial charge in [0, 0.05) is 37.3 Å². The highest BCUT2D eigenvalue weighted by Gasteiger charge is 2.36. The van der Waals surface area contributed by atoms with Crippen molar-refractivity contribution < 1.29 is 9.90 Å². The minimum absolute atomic E-state index is 0.0223. The van der Waals surface area contributed by atoms with E-state index in [0.717, 1.165) is 56.2 Å². The third-order valence-electron chi connectivity index (χ3n) is 7.18. The lowest BCUT2D eigenvalue weighted by molar-refractivity contribution is -0.113. The zero-order valence-corrected chi connectivity index (χ0v) is 19.4. The van der Waals surface area contributed by atoms with Crippen LogP contribution in [0.1, 0.15) is 35.6 Å². The van der Waals surface area contributed by atoms with Crippen LogP contribution in [0.3, 0.4) is 0 Å². The van der Waals surface area contributed by atoms with Crippen molar-refractivity contribution in [2.24, 2.45) is 0 Å². The Hall–Kier alpha value is -2.39. The van der Waals surface area contributed by atoms with Crippen LogP contribution in [0, 0.1) is 0 Å². The summed E-state index contributed by atoms with van der Waals surface area (Å²) in [6.45, 7) is 4.80. The molecule has 1 amide bonds. The van der Waals surface area contributed by atoms with Gasteiger partial charge in [0.05, 0.1) is 16.3 Å². The maximum atomic E-state index is 11.6. The number of carbonyl (C=O) groups is 1. The van der Waals surface area contributed by atoms with Crippen LogP contribution in [-0.2, 0) is 11.3 Å². The van der Waals surface area contributed by atoms with Gasteiger partial charge in [-0.15, -0.1) is 11.8 Å². The zero-order valence-electron chi connectivity index (χ0n) is 18.5. The van der Waals surface area contributed by atoms with Crippen LogP contribution in [-0.4, -0.2) is 65.1 Å². The number of pyridine rings is 1. The first-order valence-corrected chi connectivity index (χ1v) is 12.8. The maximum absolute atomic E-state index is 11.6. The molecule has 4 aliphatic heterocycles. The Labute approximate surface area is 198 Å². The molecule has 0 aliphatic carbocycles. The Morgan fingerprint density at radius 2 is 2.09 bits per heavy atom. The standard InChI is InChI=1S/C25H29N5O2S/c31-22-15-33-21-6-5-19(27-25(21)28-22)12-26-18-8-10-29(11-9-18)13-17-14-30-23(32)7-4-16-2-1-3-20(17)24(16)30/h1-7,17-18,23,26,32H,8-15H2,(H,27,28,31). The summed E-state index contributed by atoms with van der Waals surface area (Å²) in [6, 6.07) is 11.1. The summed E-state index contributed by atoms with van der Waals surface area (Å²) < 4.78 is 0. The van der Waals surface area contributed by atoms with E-state index in [1.54, 1.807) is 11.8 Å². The monoisotopic (exact) mass is 463 g/mol. The van der Waals surface area contributed by atoms with Gasteiger partial charge in [-0.3, -0.25) is 4.79 Å². The number of fused-ring (bicyclic) bond motifs is 1. The zero-order chi connectivity index (χ0) is 22.4. The number of aromatic nitrogens is 1. The van der Waals surface area contributed by atoms with Gasteiger partial charge in [0.2, 0.25) is 5.91 Å². The SMILES string of the molecule is O=C1CSc2ccc(CNC3CCN(CC4CN5c6c(cccc64)C=CC5O)CC3)nc2N1. The first kappa shape index (κ1) is 21.2. The molecule has 2 aromatic rings. The molecular formula is C25H29N5O2S. The van der Waals surface area contributed by atoms with E-state index in [1.807, 2.05) is 12.2 Å². The third-order valence-corrected chi connectivity index (χ3v) is 8.23. The van der Waals surface area contributed by atoms with Crippen molar-refractivity contribution in [3.8, 4) is 0 Å².